The molecule has 4 N–H and O–H groups in total. The predicted molar refractivity (Wildman–Crippen MR) is 68.7 cm³/mol. The molecule has 22 heavy (non-hydrogen) atoms. The van der Waals surface area contributed by atoms with Gasteiger partial charge >= 0.3 is 6.18 Å². The molecule has 3 heterocycles. The van der Waals surface area contributed by atoms with Crippen molar-refractivity contribution >= 4 is 11.7 Å². The first-order valence-corrected chi connectivity index (χ1v) is 6.37. The number of carbonyl (C=O) groups excluding carboxylic acids is 1. The van der Waals surface area contributed by atoms with Gasteiger partial charge in [-0.2, -0.15) is 18.3 Å². The van der Waals surface area contributed by atoms with E-state index in [1.807, 2.05) is 5.43 Å². The lowest BCUT2D eigenvalue weighted by atomic mass is 10.0. The number of rotatable bonds is 2. The molecule has 7 nitrogen and oxygen atoms in total. The summed E-state index contributed by atoms with van der Waals surface area (Å²) in [6.07, 6.45) is -2.38. The maximum atomic E-state index is 13.3. The van der Waals surface area contributed by atoms with Crippen LogP contribution in [0.15, 0.2) is 29.0 Å². The van der Waals surface area contributed by atoms with E-state index in [0.29, 0.717) is 5.76 Å². The Bertz CT molecular complexity index is 679. The highest BCUT2D eigenvalue weighted by molar-refractivity contribution is 5.98. The van der Waals surface area contributed by atoms with Gasteiger partial charge in [-0.3, -0.25) is 10.2 Å². The summed E-state index contributed by atoms with van der Waals surface area (Å²) in [6.45, 7) is 0. The van der Waals surface area contributed by atoms with Gasteiger partial charge in [0.2, 0.25) is 0 Å². The summed E-state index contributed by atoms with van der Waals surface area (Å²) in [5, 5.41) is 6.53. The van der Waals surface area contributed by atoms with Crippen LogP contribution in [0.25, 0.3) is 0 Å². The molecule has 0 fully saturated rings. The second kappa shape index (κ2) is 5.05. The van der Waals surface area contributed by atoms with Gasteiger partial charge in [-0.1, -0.05) is 0 Å². The average molecular weight is 315 g/mol. The fourth-order valence-electron chi connectivity index (χ4n) is 2.48. The van der Waals surface area contributed by atoms with E-state index < -0.39 is 24.2 Å². The largest absolute Gasteiger partial charge is 0.467 e. The van der Waals surface area contributed by atoms with Crippen molar-refractivity contribution in [2.75, 3.05) is 5.32 Å². The number of fused-ring (bicyclic) bond motifs is 1. The summed E-state index contributed by atoms with van der Waals surface area (Å²) in [4.78, 5) is 11.7. The van der Waals surface area contributed by atoms with E-state index in [1.165, 1.54) is 6.26 Å². The average Bonchev–Trinajstić information content (AvgIpc) is 3.13. The second-order valence-electron chi connectivity index (χ2n) is 4.83. The Morgan fingerprint density at radius 2 is 2.32 bits per heavy atom. The zero-order valence-electron chi connectivity index (χ0n) is 11.1. The quantitative estimate of drug-likeness (QED) is 0.445. The Labute approximate surface area is 122 Å². The van der Waals surface area contributed by atoms with E-state index in [4.69, 9.17) is 10.3 Å². The van der Waals surface area contributed by atoms with Crippen molar-refractivity contribution in [1.82, 2.24) is 15.2 Å². The van der Waals surface area contributed by atoms with Crippen LogP contribution in [0.3, 0.4) is 0 Å². The van der Waals surface area contributed by atoms with Crippen molar-refractivity contribution in [1.29, 1.82) is 0 Å². The van der Waals surface area contributed by atoms with Crippen LogP contribution >= 0.6 is 0 Å². The van der Waals surface area contributed by atoms with Crippen molar-refractivity contribution in [2.24, 2.45) is 5.84 Å². The molecule has 0 spiro atoms. The van der Waals surface area contributed by atoms with Gasteiger partial charge in [0.1, 0.15) is 17.1 Å². The number of halogens is 3. The number of nitrogen functional groups attached to an aromatic ring is 1. The Hall–Kier alpha value is -2.49. The van der Waals surface area contributed by atoms with Crippen LogP contribution in [0.2, 0.25) is 0 Å². The molecule has 10 heteroatoms. The first-order chi connectivity index (χ1) is 10.4. The molecule has 0 aliphatic carbocycles. The van der Waals surface area contributed by atoms with E-state index in [-0.39, 0.29) is 17.8 Å². The maximum absolute atomic E-state index is 13.3. The van der Waals surface area contributed by atoms with Gasteiger partial charge in [-0.05, 0) is 12.1 Å². The number of furan rings is 1. The molecule has 1 aliphatic heterocycles. The first-order valence-electron chi connectivity index (χ1n) is 6.37. The number of alkyl halides is 3. The Morgan fingerprint density at radius 1 is 1.55 bits per heavy atom. The summed E-state index contributed by atoms with van der Waals surface area (Å²) < 4.78 is 45.8. The van der Waals surface area contributed by atoms with Crippen molar-refractivity contribution in [3.05, 3.63) is 35.9 Å². The van der Waals surface area contributed by atoms with E-state index >= 15 is 0 Å². The third kappa shape index (κ3) is 2.30. The van der Waals surface area contributed by atoms with Gasteiger partial charge < -0.3 is 9.73 Å². The third-order valence-corrected chi connectivity index (χ3v) is 3.50. The number of nitrogens with zero attached hydrogens (tertiary/aromatic N) is 2. The monoisotopic (exact) mass is 315 g/mol. The molecule has 2 atom stereocenters. The van der Waals surface area contributed by atoms with E-state index in [1.54, 1.807) is 12.1 Å². The van der Waals surface area contributed by atoms with Crippen LogP contribution in [0.1, 0.15) is 34.6 Å². The molecule has 118 valence electrons. The summed E-state index contributed by atoms with van der Waals surface area (Å²) in [6, 6.07) is 0.562. The Morgan fingerprint density at radius 3 is 2.91 bits per heavy atom. The van der Waals surface area contributed by atoms with Gasteiger partial charge in [0.05, 0.1) is 18.5 Å². The molecular formula is C12H12F3N5O2. The molecule has 1 amide bonds. The van der Waals surface area contributed by atoms with Crippen LogP contribution in [0, 0.1) is 0 Å². The second-order valence-corrected chi connectivity index (χ2v) is 4.83. The number of carbonyl (C=O) groups is 1. The van der Waals surface area contributed by atoms with Crippen LogP contribution in [0.4, 0.5) is 19.0 Å². The standard InChI is InChI=1S/C12H12F3N5O2/c13-12(14,15)9-4-7(8-2-1-3-22-8)18-10-6(11(21)19-16)5-17-20(9)10/h1-3,5,7,9,18H,4,16H2,(H,19,21). The smallest absolute Gasteiger partial charge is 0.410 e. The van der Waals surface area contributed by atoms with Gasteiger partial charge in [-0.15, -0.1) is 0 Å². The number of anilines is 1. The molecule has 2 unspecified atom stereocenters. The normalized spacial score (nSPS) is 21.1. The van der Waals surface area contributed by atoms with Crippen molar-refractivity contribution in [3.63, 3.8) is 0 Å². The van der Waals surface area contributed by atoms with Crippen molar-refractivity contribution in [3.8, 4) is 0 Å². The van der Waals surface area contributed by atoms with Crippen LogP contribution in [-0.2, 0) is 0 Å². The highest BCUT2D eigenvalue weighted by Crippen LogP contribution is 2.44. The summed E-state index contributed by atoms with van der Waals surface area (Å²) in [7, 11) is 0. The number of hydrogen-bond acceptors (Lipinski definition) is 5. The van der Waals surface area contributed by atoms with Gasteiger partial charge in [-0.25, -0.2) is 10.5 Å². The number of nitrogens with two attached hydrogens (primary N) is 1. The van der Waals surface area contributed by atoms with Gasteiger partial charge in [0.25, 0.3) is 5.91 Å². The fraction of sp³-hybridized carbons (Fsp3) is 0.333. The SMILES string of the molecule is NNC(=O)c1cnn2c1NC(c1ccco1)CC2C(F)(F)F. The van der Waals surface area contributed by atoms with E-state index in [9.17, 15) is 18.0 Å². The molecule has 0 aromatic carbocycles. The maximum Gasteiger partial charge on any atom is 0.410 e. The molecule has 3 rings (SSSR count). The molecule has 2 aromatic heterocycles. The minimum Gasteiger partial charge on any atom is -0.467 e. The minimum absolute atomic E-state index is 0.0436. The molecule has 2 aromatic rings. The predicted octanol–water partition coefficient (Wildman–Crippen LogP) is 1.74. The van der Waals surface area contributed by atoms with Crippen molar-refractivity contribution in [2.45, 2.75) is 24.7 Å². The molecular weight excluding hydrogens is 303 g/mol. The van der Waals surface area contributed by atoms with Gasteiger partial charge in [0.15, 0.2) is 6.04 Å². The Balaban J connectivity index is 2.06. The molecule has 0 radical (unpaired) electrons. The summed E-state index contributed by atoms with van der Waals surface area (Å²) in [5.74, 6) is 4.62. The fourth-order valence-corrected chi connectivity index (χ4v) is 2.48. The van der Waals surface area contributed by atoms with E-state index in [0.717, 1.165) is 10.9 Å². The molecule has 1 aliphatic rings. The summed E-state index contributed by atoms with van der Waals surface area (Å²) in [5.41, 5.74) is 1.82. The zero-order valence-corrected chi connectivity index (χ0v) is 11.1. The van der Waals surface area contributed by atoms with Crippen LogP contribution < -0.4 is 16.6 Å². The van der Waals surface area contributed by atoms with Crippen LogP contribution in [-0.4, -0.2) is 21.9 Å². The highest BCUT2D eigenvalue weighted by Gasteiger charge is 2.47. The number of amides is 1. The molecule has 0 saturated carbocycles. The first kappa shape index (κ1) is 14.4. The number of nitrogens with one attached hydrogen (secondary N) is 2. The third-order valence-electron chi connectivity index (χ3n) is 3.50. The lowest BCUT2D eigenvalue weighted by molar-refractivity contribution is -0.174. The zero-order chi connectivity index (χ0) is 15.9. The lowest BCUT2D eigenvalue weighted by Gasteiger charge is -2.32. The number of hydrazine groups is 1. The lowest BCUT2D eigenvalue weighted by Crippen LogP contribution is -2.37. The minimum atomic E-state index is -4.51. The molecule has 0 bridgehead atoms. The molecule has 0 saturated heterocycles. The van der Waals surface area contributed by atoms with E-state index in [2.05, 4.69) is 10.4 Å². The summed E-state index contributed by atoms with van der Waals surface area (Å²) >= 11 is 0. The number of aromatic nitrogens is 2. The van der Waals surface area contributed by atoms with Crippen LogP contribution in [0.5, 0.6) is 0 Å². The highest BCUT2D eigenvalue weighted by atomic mass is 19.4. The topological polar surface area (TPSA) is 98.1 Å². The van der Waals surface area contributed by atoms with Gasteiger partial charge in [0, 0.05) is 6.42 Å². The van der Waals surface area contributed by atoms with Crippen molar-refractivity contribution < 1.29 is 22.4 Å². The number of hydrogen-bond donors (Lipinski definition) is 3. The Kier molecular flexibility index (Phi) is 3.32.